The third kappa shape index (κ3) is 1.68. The minimum Gasteiger partial charge on any atom is -0.346 e. The topological polar surface area (TPSA) is 29.1 Å². The molecule has 0 heterocycles. The van der Waals surface area contributed by atoms with Crippen molar-refractivity contribution in [3.63, 3.8) is 0 Å². The van der Waals surface area contributed by atoms with Gasteiger partial charge in [-0.15, -0.1) is 0 Å². The zero-order valence-electron chi connectivity index (χ0n) is 13.7. The van der Waals surface area contributed by atoms with Gasteiger partial charge in [0.2, 0.25) is 5.91 Å². The first-order valence-electron chi connectivity index (χ1n) is 8.92. The van der Waals surface area contributed by atoms with Crippen LogP contribution in [0.2, 0.25) is 0 Å². The summed E-state index contributed by atoms with van der Waals surface area (Å²) < 4.78 is 0. The Kier molecular flexibility index (Phi) is 2.88. The molecule has 0 aliphatic heterocycles. The fraction of sp³-hybridized carbons (Fsp3) is 0.842. The highest BCUT2D eigenvalue weighted by Crippen LogP contribution is 2.70. The van der Waals surface area contributed by atoms with Gasteiger partial charge in [-0.1, -0.05) is 20.4 Å². The summed E-state index contributed by atoms with van der Waals surface area (Å²) in [5.41, 5.74) is 0.703. The van der Waals surface area contributed by atoms with Gasteiger partial charge in [0, 0.05) is 11.1 Å². The van der Waals surface area contributed by atoms with Gasteiger partial charge < -0.3 is 5.32 Å². The molecule has 1 N–H and O–H groups in total. The van der Waals surface area contributed by atoms with Crippen LogP contribution in [-0.2, 0) is 4.79 Å². The van der Waals surface area contributed by atoms with Gasteiger partial charge in [-0.25, -0.2) is 0 Å². The molecule has 4 rings (SSSR count). The molecular weight excluding hydrogens is 258 g/mol. The van der Waals surface area contributed by atoms with Gasteiger partial charge in [-0.05, 0) is 80.5 Å². The van der Waals surface area contributed by atoms with Crippen LogP contribution in [0, 0.1) is 41.4 Å². The van der Waals surface area contributed by atoms with Crippen LogP contribution in [-0.4, -0.2) is 11.4 Å². The summed E-state index contributed by atoms with van der Waals surface area (Å²) in [7, 11) is 0. The number of fused-ring (bicyclic) bond motifs is 9. The number of amides is 1. The Labute approximate surface area is 128 Å². The second-order valence-electron chi connectivity index (χ2n) is 8.72. The lowest BCUT2D eigenvalue weighted by atomic mass is 9.61. The molecule has 7 atom stereocenters. The standard InChI is InChI=1S/C19H29NO/c1-10(2)18(21)20-19(11(3)4)9-14-8-15(19)17-13-6-5-12(7-13)16(14)17/h11-17H,1,5-9H2,2-4H3,(H,20,21). The zero-order chi connectivity index (χ0) is 14.9. The molecule has 116 valence electrons. The van der Waals surface area contributed by atoms with Gasteiger partial charge in [0.05, 0.1) is 0 Å². The summed E-state index contributed by atoms with van der Waals surface area (Å²) in [6, 6.07) is 0. The Bertz CT molecular complexity index is 496. The molecular formula is C19H29NO. The normalized spacial score (nSPS) is 49.7. The third-order valence-corrected chi connectivity index (χ3v) is 7.64. The van der Waals surface area contributed by atoms with Crippen molar-refractivity contribution in [2.75, 3.05) is 0 Å². The van der Waals surface area contributed by atoms with E-state index in [1.54, 1.807) is 0 Å². The van der Waals surface area contributed by atoms with Crippen molar-refractivity contribution >= 4 is 5.91 Å². The molecule has 0 saturated heterocycles. The van der Waals surface area contributed by atoms with Crippen LogP contribution >= 0.6 is 0 Å². The number of hydrogen-bond donors (Lipinski definition) is 1. The number of carbonyl (C=O) groups excluding carboxylic acids is 1. The summed E-state index contributed by atoms with van der Waals surface area (Å²) in [6.45, 7) is 10.3. The largest absolute Gasteiger partial charge is 0.346 e. The van der Waals surface area contributed by atoms with E-state index in [0.29, 0.717) is 11.5 Å². The highest BCUT2D eigenvalue weighted by molar-refractivity contribution is 5.92. The van der Waals surface area contributed by atoms with Crippen molar-refractivity contribution in [2.45, 2.75) is 58.4 Å². The van der Waals surface area contributed by atoms with Crippen LogP contribution in [0.1, 0.15) is 52.9 Å². The lowest BCUT2D eigenvalue weighted by molar-refractivity contribution is -0.121. The number of nitrogens with one attached hydrogen (secondary N) is 1. The van der Waals surface area contributed by atoms with Crippen molar-refractivity contribution in [3.05, 3.63) is 12.2 Å². The quantitative estimate of drug-likeness (QED) is 0.621. The van der Waals surface area contributed by atoms with Crippen LogP contribution in [0.5, 0.6) is 0 Å². The van der Waals surface area contributed by atoms with Crippen molar-refractivity contribution < 1.29 is 4.79 Å². The summed E-state index contributed by atoms with van der Waals surface area (Å²) >= 11 is 0. The summed E-state index contributed by atoms with van der Waals surface area (Å²) in [4.78, 5) is 12.3. The molecule has 0 aromatic rings. The minimum atomic E-state index is 0.0480. The maximum atomic E-state index is 12.3. The fourth-order valence-electron chi connectivity index (χ4n) is 6.95. The summed E-state index contributed by atoms with van der Waals surface area (Å²) in [6.07, 6.45) is 7.03. The molecule has 2 heteroatoms. The van der Waals surface area contributed by atoms with E-state index in [4.69, 9.17) is 0 Å². The van der Waals surface area contributed by atoms with E-state index in [0.717, 1.165) is 35.5 Å². The third-order valence-electron chi connectivity index (χ3n) is 7.64. The first-order chi connectivity index (χ1) is 9.94. The second-order valence-corrected chi connectivity index (χ2v) is 8.72. The van der Waals surface area contributed by atoms with E-state index < -0.39 is 0 Å². The summed E-state index contributed by atoms with van der Waals surface area (Å²) in [5, 5.41) is 3.46. The Balaban J connectivity index is 1.65. The van der Waals surface area contributed by atoms with Crippen LogP contribution in [0.4, 0.5) is 0 Å². The molecule has 0 radical (unpaired) electrons. The lowest BCUT2D eigenvalue weighted by Crippen LogP contribution is -2.59. The molecule has 21 heavy (non-hydrogen) atoms. The van der Waals surface area contributed by atoms with E-state index in [-0.39, 0.29) is 11.4 Å². The van der Waals surface area contributed by atoms with Crippen LogP contribution in [0.3, 0.4) is 0 Å². The van der Waals surface area contributed by atoms with Gasteiger partial charge in [0.15, 0.2) is 0 Å². The SMILES string of the molecule is C=C(C)C(=O)NC1(C(C)C)CC2CC1C1C3CCC(C3)C21. The molecule has 4 fully saturated rings. The molecule has 4 aliphatic rings. The smallest absolute Gasteiger partial charge is 0.246 e. The molecule has 2 nitrogen and oxygen atoms in total. The van der Waals surface area contributed by atoms with Crippen LogP contribution in [0.15, 0.2) is 12.2 Å². The second kappa shape index (κ2) is 4.36. The molecule has 0 spiro atoms. The zero-order valence-corrected chi connectivity index (χ0v) is 13.7. The maximum absolute atomic E-state index is 12.3. The average Bonchev–Trinajstić information content (AvgIpc) is 3.15. The van der Waals surface area contributed by atoms with Gasteiger partial charge >= 0.3 is 0 Å². The van der Waals surface area contributed by atoms with Crippen LogP contribution in [0.25, 0.3) is 0 Å². The monoisotopic (exact) mass is 287 g/mol. The van der Waals surface area contributed by atoms with E-state index >= 15 is 0 Å². The molecule has 4 saturated carbocycles. The van der Waals surface area contributed by atoms with Crippen molar-refractivity contribution in [3.8, 4) is 0 Å². The lowest BCUT2D eigenvalue weighted by Gasteiger charge is -2.49. The molecule has 4 bridgehead atoms. The summed E-state index contributed by atoms with van der Waals surface area (Å²) in [5.74, 6) is 6.12. The van der Waals surface area contributed by atoms with Crippen LogP contribution < -0.4 is 5.32 Å². The van der Waals surface area contributed by atoms with Gasteiger partial charge in [-0.2, -0.15) is 0 Å². The fourth-order valence-corrected chi connectivity index (χ4v) is 6.95. The highest BCUT2D eigenvalue weighted by atomic mass is 16.1. The number of rotatable bonds is 3. The maximum Gasteiger partial charge on any atom is 0.246 e. The predicted octanol–water partition coefficient (Wildman–Crippen LogP) is 3.78. The molecule has 0 aromatic heterocycles. The van der Waals surface area contributed by atoms with E-state index in [9.17, 15) is 4.79 Å². The number of carbonyl (C=O) groups is 1. The Hall–Kier alpha value is -0.790. The van der Waals surface area contributed by atoms with E-state index in [2.05, 4.69) is 25.7 Å². The van der Waals surface area contributed by atoms with Gasteiger partial charge in [-0.3, -0.25) is 4.79 Å². The van der Waals surface area contributed by atoms with Gasteiger partial charge in [0.1, 0.15) is 0 Å². The molecule has 1 amide bonds. The van der Waals surface area contributed by atoms with Crippen molar-refractivity contribution in [1.82, 2.24) is 5.32 Å². The van der Waals surface area contributed by atoms with Crippen molar-refractivity contribution in [2.24, 2.45) is 41.4 Å². The Morgan fingerprint density at radius 3 is 2.43 bits per heavy atom. The first-order valence-corrected chi connectivity index (χ1v) is 8.92. The average molecular weight is 287 g/mol. The predicted molar refractivity (Wildman–Crippen MR) is 84.6 cm³/mol. The molecule has 0 aromatic carbocycles. The minimum absolute atomic E-state index is 0.0480. The Morgan fingerprint density at radius 2 is 1.81 bits per heavy atom. The Morgan fingerprint density at radius 1 is 1.14 bits per heavy atom. The van der Waals surface area contributed by atoms with E-state index in [1.807, 2.05) is 6.92 Å². The first kappa shape index (κ1) is 13.8. The highest BCUT2D eigenvalue weighted by Gasteiger charge is 2.67. The van der Waals surface area contributed by atoms with Gasteiger partial charge in [0.25, 0.3) is 0 Å². The molecule has 7 unspecified atom stereocenters. The molecule has 4 aliphatic carbocycles. The van der Waals surface area contributed by atoms with E-state index in [1.165, 1.54) is 32.1 Å². The number of hydrogen-bond acceptors (Lipinski definition) is 1. The van der Waals surface area contributed by atoms with Crippen molar-refractivity contribution in [1.29, 1.82) is 0 Å².